The van der Waals surface area contributed by atoms with E-state index in [2.05, 4.69) is 25.2 Å². The van der Waals surface area contributed by atoms with Crippen molar-refractivity contribution >= 4 is 5.95 Å². The summed E-state index contributed by atoms with van der Waals surface area (Å²) in [6, 6.07) is 7.98. The Morgan fingerprint density at radius 2 is 1.91 bits per heavy atom. The molecule has 9 nitrogen and oxygen atoms in total. The van der Waals surface area contributed by atoms with E-state index in [1.165, 1.54) is 12.1 Å². The van der Waals surface area contributed by atoms with E-state index in [0.717, 1.165) is 12.1 Å². The van der Waals surface area contributed by atoms with Crippen molar-refractivity contribution in [3.8, 4) is 22.6 Å². The molecule has 0 saturated carbocycles. The summed E-state index contributed by atoms with van der Waals surface area (Å²) in [6.45, 7) is 4.97. The number of halogens is 1. The van der Waals surface area contributed by atoms with Crippen LogP contribution >= 0.6 is 0 Å². The van der Waals surface area contributed by atoms with Crippen molar-refractivity contribution in [2.45, 2.75) is 13.2 Å². The fourth-order valence-corrected chi connectivity index (χ4v) is 3.40. The van der Waals surface area contributed by atoms with Crippen molar-refractivity contribution in [3.63, 3.8) is 0 Å². The maximum atomic E-state index is 13.5. The van der Waals surface area contributed by atoms with E-state index in [1.807, 2.05) is 21.0 Å². The molecule has 0 amide bonds. The Hall–Kier alpha value is -2.92. The summed E-state index contributed by atoms with van der Waals surface area (Å²) < 4.78 is 25.4. The number of H-pyrrole nitrogens is 1. The minimum absolute atomic E-state index is 0.231. The molecule has 4 N–H and O–H groups in total. The van der Waals surface area contributed by atoms with Crippen LogP contribution in [0.4, 0.5) is 10.3 Å². The van der Waals surface area contributed by atoms with Gasteiger partial charge in [0, 0.05) is 36.8 Å². The minimum Gasteiger partial charge on any atom is -0.353 e. The van der Waals surface area contributed by atoms with Crippen LogP contribution < -0.4 is 11.1 Å². The van der Waals surface area contributed by atoms with Crippen LogP contribution in [0.25, 0.3) is 22.6 Å². The molecule has 1 aliphatic rings. The summed E-state index contributed by atoms with van der Waals surface area (Å²) in [5, 5.41) is 3.23. The van der Waals surface area contributed by atoms with Crippen molar-refractivity contribution in [2.24, 2.45) is 11.1 Å². The molecule has 0 radical (unpaired) electrons. The van der Waals surface area contributed by atoms with Gasteiger partial charge in [0.25, 0.3) is 0 Å². The Morgan fingerprint density at radius 3 is 2.58 bits per heavy atom. The van der Waals surface area contributed by atoms with Gasteiger partial charge < -0.3 is 30.4 Å². The lowest BCUT2D eigenvalue weighted by Crippen LogP contribution is -2.42. The zero-order valence-corrected chi connectivity index (χ0v) is 19.1. The van der Waals surface area contributed by atoms with Crippen LogP contribution in [0.15, 0.2) is 36.5 Å². The number of likely N-dealkylation sites (N-methyl/N-ethyl adjacent to an activating group) is 1. The summed E-state index contributed by atoms with van der Waals surface area (Å²) in [6.07, 6.45) is 1.03. The summed E-state index contributed by atoms with van der Waals surface area (Å²) >= 11 is 0. The number of imidazole rings is 1. The van der Waals surface area contributed by atoms with Gasteiger partial charge in [-0.3, -0.25) is 0 Å². The van der Waals surface area contributed by atoms with Gasteiger partial charge in [-0.05, 0) is 44.4 Å². The first-order valence-corrected chi connectivity index (χ1v) is 10.9. The van der Waals surface area contributed by atoms with Crippen LogP contribution in [0.1, 0.15) is 19.0 Å². The number of benzene rings is 1. The molecular weight excluding hydrogens is 425 g/mol. The summed E-state index contributed by atoms with van der Waals surface area (Å²) in [4.78, 5) is 19.1. The molecule has 0 unspecified atom stereocenters. The molecule has 1 saturated heterocycles. The molecule has 3 heterocycles. The lowest BCUT2D eigenvalue weighted by atomic mass is 9.93. The Bertz CT molecular complexity index is 1060. The number of ether oxygens (including phenoxy) is 2. The molecule has 4 rings (SSSR count). The van der Waals surface area contributed by atoms with Gasteiger partial charge in [0.15, 0.2) is 5.82 Å². The number of anilines is 1. The maximum Gasteiger partial charge on any atom is 0.223 e. The molecule has 176 valence electrons. The molecule has 1 aromatic carbocycles. The van der Waals surface area contributed by atoms with Gasteiger partial charge in [-0.15, -0.1) is 0 Å². The largest absolute Gasteiger partial charge is 0.353 e. The molecule has 0 atom stereocenters. The third kappa shape index (κ3) is 5.53. The number of aromatic amines is 1. The van der Waals surface area contributed by atoms with Crippen LogP contribution in [0, 0.1) is 11.2 Å². The highest BCUT2D eigenvalue weighted by Gasteiger charge is 2.34. The average molecular weight is 456 g/mol. The van der Waals surface area contributed by atoms with Gasteiger partial charge in [-0.25, -0.2) is 19.3 Å². The average Bonchev–Trinajstić information content (AvgIpc) is 3.25. The first-order chi connectivity index (χ1) is 15.9. The monoisotopic (exact) mass is 455 g/mol. The molecular formula is C23H30FN7O2. The molecule has 1 fully saturated rings. The standard InChI is InChI=1S/C23H30FN7O2/c1-23(12-25)13-32-21(33-14-23)20-29-18(15-4-6-16(24)7-5-15)19(30-20)17-8-9-26-22(28-17)27-10-11-31(2)3/h4-9,21H,10-14,25H2,1-3H3,(H,29,30)(H,26,27,28). The van der Waals surface area contributed by atoms with Crippen LogP contribution in [0.2, 0.25) is 0 Å². The van der Waals surface area contributed by atoms with E-state index in [9.17, 15) is 4.39 Å². The number of nitrogens with one attached hydrogen (secondary N) is 2. The molecule has 0 aliphatic carbocycles. The normalized spacial score (nSPS) is 20.8. The number of hydrogen-bond acceptors (Lipinski definition) is 8. The molecule has 0 bridgehead atoms. The third-order valence-electron chi connectivity index (χ3n) is 5.48. The SMILES string of the molecule is CN(C)CCNc1nccc(-c2[nH]c(C3OCC(C)(CN)CO3)nc2-c2ccc(F)cc2)n1. The van der Waals surface area contributed by atoms with Crippen molar-refractivity contribution in [3.05, 3.63) is 48.2 Å². The Kier molecular flexibility index (Phi) is 6.99. The summed E-state index contributed by atoms with van der Waals surface area (Å²) in [5.41, 5.74) is 8.31. The predicted molar refractivity (Wildman–Crippen MR) is 124 cm³/mol. The van der Waals surface area contributed by atoms with E-state index in [1.54, 1.807) is 24.4 Å². The smallest absolute Gasteiger partial charge is 0.223 e. The number of nitrogens with two attached hydrogens (primary N) is 1. The first-order valence-electron chi connectivity index (χ1n) is 10.9. The van der Waals surface area contributed by atoms with E-state index >= 15 is 0 Å². The van der Waals surface area contributed by atoms with Gasteiger partial charge >= 0.3 is 0 Å². The highest BCUT2D eigenvalue weighted by atomic mass is 19.1. The second-order valence-electron chi connectivity index (χ2n) is 8.82. The van der Waals surface area contributed by atoms with Gasteiger partial charge in [0.05, 0.1) is 30.3 Å². The number of aromatic nitrogens is 4. The maximum absolute atomic E-state index is 13.5. The van der Waals surface area contributed by atoms with E-state index in [0.29, 0.717) is 55.2 Å². The van der Waals surface area contributed by atoms with Crippen molar-refractivity contribution in [1.29, 1.82) is 0 Å². The minimum atomic E-state index is -0.655. The number of rotatable bonds is 8. The second-order valence-corrected chi connectivity index (χ2v) is 8.82. The van der Waals surface area contributed by atoms with Gasteiger partial charge in [-0.1, -0.05) is 6.92 Å². The molecule has 0 spiro atoms. The van der Waals surface area contributed by atoms with E-state index in [-0.39, 0.29) is 11.2 Å². The van der Waals surface area contributed by atoms with Crippen molar-refractivity contribution in [2.75, 3.05) is 52.3 Å². The lowest BCUT2D eigenvalue weighted by Gasteiger charge is -2.35. The van der Waals surface area contributed by atoms with Crippen LogP contribution in [-0.4, -0.2) is 71.8 Å². The first kappa shape index (κ1) is 23.2. The van der Waals surface area contributed by atoms with Crippen LogP contribution in [0.5, 0.6) is 0 Å². The van der Waals surface area contributed by atoms with Crippen molar-refractivity contribution in [1.82, 2.24) is 24.8 Å². The summed E-state index contributed by atoms with van der Waals surface area (Å²) in [7, 11) is 4.01. The predicted octanol–water partition coefficient (Wildman–Crippen LogP) is 2.66. The fraction of sp³-hybridized carbons (Fsp3) is 0.435. The topological polar surface area (TPSA) is 114 Å². The lowest BCUT2D eigenvalue weighted by molar-refractivity contribution is -0.231. The number of hydrogen-bond donors (Lipinski definition) is 3. The molecule has 1 aliphatic heterocycles. The fourth-order valence-electron chi connectivity index (χ4n) is 3.40. The Morgan fingerprint density at radius 1 is 1.18 bits per heavy atom. The van der Waals surface area contributed by atoms with Gasteiger partial charge in [0.1, 0.15) is 5.82 Å². The quantitative estimate of drug-likeness (QED) is 0.475. The van der Waals surface area contributed by atoms with Gasteiger partial charge in [0.2, 0.25) is 12.2 Å². The Labute approximate surface area is 192 Å². The molecule has 33 heavy (non-hydrogen) atoms. The van der Waals surface area contributed by atoms with Crippen molar-refractivity contribution < 1.29 is 13.9 Å². The molecule has 3 aromatic rings. The van der Waals surface area contributed by atoms with E-state index in [4.69, 9.17) is 20.2 Å². The second kappa shape index (κ2) is 9.92. The molecule has 10 heteroatoms. The summed E-state index contributed by atoms with van der Waals surface area (Å²) in [5.74, 6) is 0.717. The Balaban J connectivity index is 1.66. The van der Waals surface area contributed by atoms with Gasteiger partial charge in [-0.2, -0.15) is 0 Å². The van der Waals surface area contributed by atoms with E-state index < -0.39 is 6.29 Å². The highest BCUT2D eigenvalue weighted by molar-refractivity contribution is 5.77. The zero-order valence-electron chi connectivity index (χ0n) is 19.1. The highest BCUT2D eigenvalue weighted by Crippen LogP contribution is 2.35. The molecule has 2 aromatic heterocycles. The zero-order chi connectivity index (χ0) is 23.4. The third-order valence-corrected chi connectivity index (χ3v) is 5.48. The number of nitrogens with zero attached hydrogens (tertiary/aromatic N) is 4. The van der Waals surface area contributed by atoms with Crippen LogP contribution in [0.3, 0.4) is 0 Å². The van der Waals surface area contributed by atoms with Crippen LogP contribution in [-0.2, 0) is 9.47 Å².